The van der Waals surface area contributed by atoms with E-state index in [4.69, 9.17) is 11.6 Å². The minimum atomic E-state index is -0.888. The smallest absolute Gasteiger partial charge is 0.269 e. The molecule has 1 amide bonds. The van der Waals surface area contributed by atoms with Crippen molar-refractivity contribution in [1.29, 1.82) is 0 Å². The number of carbonyl (C=O) groups excluding carboxylic acids is 1. The van der Waals surface area contributed by atoms with Crippen molar-refractivity contribution in [3.8, 4) is 0 Å². The van der Waals surface area contributed by atoms with E-state index in [1.807, 2.05) is 31.2 Å². The summed E-state index contributed by atoms with van der Waals surface area (Å²) in [6, 6.07) is 9.19. The summed E-state index contributed by atoms with van der Waals surface area (Å²) in [4.78, 5) is 16.1. The number of amides is 1. The van der Waals surface area contributed by atoms with E-state index >= 15 is 0 Å². The highest BCUT2D eigenvalue weighted by atomic mass is 35.5. The zero-order valence-corrected chi connectivity index (χ0v) is 12.6. The summed E-state index contributed by atoms with van der Waals surface area (Å²) in [6.45, 7) is 2.22. The lowest BCUT2D eigenvalue weighted by Crippen LogP contribution is -2.28. The highest BCUT2D eigenvalue weighted by molar-refractivity contribution is 7.84. The Labute approximate surface area is 125 Å². The summed E-state index contributed by atoms with van der Waals surface area (Å²) in [5.74, 6) is 0.741. The zero-order chi connectivity index (χ0) is 14.5. The second-order valence-corrected chi connectivity index (χ2v) is 6.43. The van der Waals surface area contributed by atoms with Gasteiger partial charge < -0.3 is 5.32 Å². The van der Waals surface area contributed by atoms with Crippen molar-refractivity contribution in [3.63, 3.8) is 0 Å². The normalized spacial score (nSPS) is 12.3. The number of benzene rings is 1. The Kier molecular flexibility index (Phi) is 5.09. The van der Waals surface area contributed by atoms with E-state index in [-0.39, 0.29) is 11.6 Å². The van der Waals surface area contributed by atoms with Crippen LogP contribution >= 0.6 is 11.6 Å². The quantitative estimate of drug-likeness (QED) is 0.863. The summed E-state index contributed by atoms with van der Waals surface area (Å²) in [5.41, 5.74) is 0.274. The van der Waals surface area contributed by atoms with Crippen LogP contribution in [-0.4, -0.2) is 33.2 Å². The topological polar surface area (TPSA) is 59.1 Å². The van der Waals surface area contributed by atoms with Gasteiger partial charge in [0.05, 0.1) is 0 Å². The van der Waals surface area contributed by atoms with Gasteiger partial charge in [0, 0.05) is 34.2 Å². The second-order valence-electron chi connectivity index (χ2n) is 4.21. The van der Waals surface area contributed by atoms with Gasteiger partial charge in [-0.2, -0.15) is 0 Å². The number of hydrogen-bond acceptors (Lipinski definition) is 3. The van der Waals surface area contributed by atoms with E-state index in [1.54, 1.807) is 6.07 Å². The Bertz CT molecular complexity index is 661. The van der Waals surface area contributed by atoms with Gasteiger partial charge in [-0.05, 0) is 11.5 Å². The molecule has 0 aliphatic carbocycles. The number of nitrogens with one attached hydrogen (secondary N) is 1. The van der Waals surface area contributed by atoms with Crippen LogP contribution < -0.4 is 5.32 Å². The lowest BCUT2D eigenvalue weighted by atomic mass is 10.1. The van der Waals surface area contributed by atoms with Gasteiger partial charge in [-0.15, -0.1) is 0 Å². The fraction of sp³-hybridized carbons (Fsp3) is 0.286. The number of nitrogens with zero attached hydrogens (tertiary/aromatic N) is 1. The predicted octanol–water partition coefficient (Wildman–Crippen LogP) is 2.39. The van der Waals surface area contributed by atoms with Crippen LogP contribution in [0, 0.1) is 0 Å². The molecule has 1 atom stereocenters. The molecule has 0 bridgehead atoms. The van der Waals surface area contributed by atoms with Crippen LogP contribution in [0.1, 0.15) is 17.4 Å². The van der Waals surface area contributed by atoms with Gasteiger partial charge in [-0.3, -0.25) is 9.00 Å². The van der Waals surface area contributed by atoms with Gasteiger partial charge in [0.1, 0.15) is 10.8 Å². The maximum Gasteiger partial charge on any atom is 0.269 e. The Balaban J connectivity index is 2.12. The van der Waals surface area contributed by atoms with E-state index in [1.165, 1.54) is 0 Å². The lowest BCUT2D eigenvalue weighted by Gasteiger charge is -2.06. The Morgan fingerprint density at radius 2 is 2.15 bits per heavy atom. The minimum Gasteiger partial charge on any atom is -0.350 e. The highest BCUT2D eigenvalue weighted by Crippen LogP contribution is 2.22. The number of rotatable bonds is 5. The molecule has 1 N–H and O–H groups in total. The number of pyridine rings is 1. The number of aromatic nitrogens is 1. The molecule has 1 aromatic heterocycles. The van der Waals surface area contributed by atoms with Crippen LogP contribution in [0.5, 0.6) is 0 Å². The van der Waals surface area contributed by atoms with Gasteiger partial charge in [-0.1, -0.05) is 42.8 Å². The van der Waals surface area contributed by atoms with Crippen LogP contribution in [-0.2, 0) is 10.8 Å². The number of carbonyl (C=O) groups is 1. The summed E-state index contributed by atoms with van der Waals surface area (Å²) >= 11 is 6.07. The lowest BCUT2D eigenvalue weighted by molar-refractivity contribution is 0.0951. The van der Waals surface area contributed by atoms with E-state index < -0.39 is 10.8 Å². The largest absolute Gasteiger partial charge is 0.350 e. The molecule has 106 valence electrons. The number of fused-ring (bicyclic) bond motifs is 1. The van der Waals surface area contributed by atoms with Gasteiger partial charge in [0.25, 0.3) is 5.91 Å². The second kappa shape index (κ2) is 6.81. The predicted molar refractivity (Wildman–Crippen MR) is 82.6 cm³/mol. The molecule has 0 aliphatic rings. The molecule has 1 heterocycles. The summed E-state index contributed by atoms with van der Waals surface area (Å²) in [7, 11) is -0.888. The third-order valence-corrected chi connectivity index (χ3v) is 4.46. The van der Waals surface area contributed by atoms with E-state index in [9.17, 15) is 9.00 Å². The molecule has 20 heavy (non-hydrogen) atoms. The van der Waals surface area contributed by atoms with Crippen molar-refractivity contribution in [1.82, 2.24) is 10.3 Å². The van der Waals surface area contributed by atoms with Crippen molar-refractivity contribution in [3.05, 3.63) is 41.2 Å². The first kappa shape index (κ1) is 14.9. The average molecular weight is 311 g/mol. The Morgan fingerprint density at radius 3 is 2.90 bits per heavy atom. The standard InChI is InChI=1S/C14H15ClN2O2S/c1-2-20(19)8-7-16-14(18)12-9-10-5-3-4-6-11(10)13(15)17-12/h3-6,9H,2,7-8H2,1H3,(H,16,18). The van der Waals surface area contributed by atoms with Crippen molar-refractivity contribution < 1.29 is 9.00 Å². The van der Waals surface area contributed by atoms with E-state index in [2.05, 4.69) is 10.3 Å². The molecule has 0 saturated carbocycles. The molecule has 1 unspecified atom stereocenters. The van der Waals surface area contributed by atoms with E-state index in [0.717, 1.165) is 10.8 Å². The minimum absolute atomic E-state index is 0.274. The molecule has 6 heteroatoms. The molecular formula is C14H15ClN2O2S. The summed E-state index contributed by atoms with van der Waals surface area (Å²) < 4.78 is 11.3. The maximum absolute atomic E-state index is 12.0. The molecular weight excluding hydrogens is 296 g/mol. The number of halogens is 1. The average Bonchev–Trinajstić information content (AvgIpc) is 2.46. The first-order valence-corrected chi connectivity index (χ1v) is 8.17. The molecule has 4 nitrogen and oxygen atoms in total. The SMILES string of the molecule is CCS(=O)CCNC(=O)c1cc2ccccc2c(Cl)n1. The Morgan fingerprint density at radius 1 is 1.40 bits per heavy atom. The van der Waals surface area contributed by atoms with Gasteiger partial charge in [0.15, 0.2) is 0 Å². The molecule has 0 fully saturated rings. The van der Waals surface area contributed by atoms with Crippen LogP contribution in [0.4, 0.5) is 0 Å². The fourth-order valence-corrected chi connectivity index (χ4v) is 2.67. The molecule has 0 radical (unpaired) electrons. The first-order valence-electron chi connectivity index (χ1n) is 6.30. The summed E-state index contributed by atoms with van der Waals surface area (Å²) in [5, 5.41) is 4.70. The van der Waals surface area contributed by atoms with Crippen LogP contribution in [0.15, 0.2) is 30.3 Å². The molecule has 0 saturated heterocycles. The van der Waals surface area contributed by atoms with Crippen molar-refractivity contribution in [2.24, 2.45) is 0 Å². The van der Waals surface area contributed by atoms with Crippen molar-refractivity contribution in [2.45, 2.75) is 6.92 Å². The first-order chi connectivity index (χ1) is 9.61. The van der Waals surface area contributed by atoms with Crippen LogP contribution in [0.25, 0.3) is 10.8 Å². The van der Waals surface area contributed by atoms with E-state index in [0.29, 0.717) is 23.2 Å². The zero-order valence-electron chi connectivity index (χ0n) is 11.1. The van der Waals surface area contributed by atoms with Gasteiger partial charge >= 0.3 is 0 Å². The van der Waals surface area contributed by atoms with Gasteiger partial charge in [-0.25, -0.2) is 4.98 Å². The molecule has 2 aromatic rings. The van der Waals surface area contributed by atoms with Crippen molar-refractivity contribution in [2.75, 3.05) is 18.1 Å². The number of hydrogen-bond donors (Lipinski definition) is 1. The fourth-order valence-electron chi connectivity index (χ4n) is 1.79. The van der Waals surface area contributed by atoms with Crippen molar-refractivity contribution >= 4 is 39.1 Å². The molecule has 0 aliphatic heterocycles. The van der Waals surface area contributed by atoms with Gasteiger partial charge in [0.2, 0.25) is 0 Å². The monoisotopic (exact) mass is 310 g/mol. The van der Waals surface area contributed by atoms with Crippen LogP contribution in [0.2, 0.25) is 5.15 Å². The highest BCUT2D eigenvalue weighted by Gasteiger charge is 2.10. The maximum atomic E-state index is 12.0. The summed E-state index contributed by atoms with van der Waals surface area (Å²) in [6.07, 6.45) is 0. The Hall–Kier alpha value is -1.46. The molecule has 2 rings (SSSR count). The molecule has 1 aromatic carbocycles. The van der Waals surface area contributed by atoms with Crippen LogP contribution in [0.3, 0.4) is 0 Å². The molecule has 0 spiro atoms. The third kappa shape index (κ3) is 3.55. The third-order valence-electron chi connectivity index (χ3n) is 2.86.